The fourth-order valence-electron chi connectivity index (χ4n) is 4.37. The number of nitrogens with one attached hydrogen (secondary N) is 2. The Labute approximate surface area is 259 Å². The van der Waals surface area contributed by atoms with Gasteiger partial charge in [0.05, 0.1) is 17.1 Å². The molecule has 15 heteroatoms. The van der Waals surface area contributed by atoms with Crippen molar-refractivity contribution in [1.29, 1.82) is 0 Å². The number of nitrogens with zero attached hydrogens (tertiary/aromatic N) is 5. The number of amidine groups is 1. The smallest absolute Gasteiger partial charge is 0.406 e. The van der Waals surface area contributed by atoms with E-state index >= 15 is 0 Å². The van der Waals surface area contributed by atoms with E-state index in [0.29, 0.717) is 22.7 Å². The predicted octanol–water partition coefficient (Wildman–Crippen LogP) is 6.52. The molecule has 0 saturated carbocycles. The first-order valence-electron chi connectivity index (χ1n) is 13.5. The van der Waals surface area contributed by atoms with E-state index in [9.17, 15) is 27.6 Å². The zero-order valence-electron chi connectivity index (χ0n) is 24.1. The van der Waals surface area contributed by atoms with Gasteiger partial charge in [0.1, 0.15) is 12.1 Å². The van der Waals surface area contributed by atoms with Gasteiger partial charge in [0.15, 0.2) is 5.17 Å². The van der Waals surface area contributed by atoms with E-state index in [1.165, 1.54) is 39.8 Å². The van der Waals surface area contributed by atoms with Gasteiger partial charge in [0.25, 0.3) is 5.91 Å². The number of aryl methyl sites for hydroxylation is 1. The molecule has 1 aliphatic rings. The van der Waals surface area contributed by atoms with Gasteiger partial charge in [-0.1, -0.05) is 37.7 Å². The number of aromatic nitrogens is 3. The van der Waals surface area contributed by atoms with E-state index in [0.717, 1.165) is 23.3 Å². The lowest BCUT2D eigenvalue weighted by molar-refractivity contribution is -0.274. The van der Waals surface area contributed by atoms with Crippen molar-refractivity contribution in [3.63, 3.8) is 0 Å². The van der Waals surface area contributed by atoms with Crippen molar-refractivity contribution in [2.75, 3.05) is 21.3 Å². The van der Waals surface area contributed by atoms with E-state index in [-0.39, 0.29) is 28.6 Å². The van der Waals surface area contributed by atoms with Crippen molar-refractivity contribution in [1.82, 2.24) is 14.8 Å². The Balaban J connectivity index is 1.21. The highest BCUT2D eigenvalue weighted by Gasteiger charge is 2.33. The van der Waals surface area contributed by atoms with E-state index in [1.54, 1.807) is 24.3 Å². The van der Waals surface area contributed by atoms with Gasteiger partial charge in [-0.15, -0.1) is 18.3 Å². The van der Waals surface area contributed by atoms with E-state index < -0.39 is 24.1 Å². The first-order valence-corrected chi connectivity index (χ1v) is 14.5. The summed E-state index contributed by atoms with van der Waals surface area (Å²) in [7, 11) is 0. The Bertz CT molecular complexity index is 1770. The Morgan fingerprint density at radius 3 is 2.31 bits per heavy atom. The van der Waals surface area contributed by atoms with Crippen LogP contribution in [0.1, 0.15) is 41.5 Å². The summed E-state index contributed by atoms with van der Waals surface area (Å²) in [6, 6.07) is 16.3. The fraction of sp³-hybridized carbons (Fsp3) is 0.200. The molecule has 3 aromatic carbocycles. The minimum atomic E-state index is -4.81. The number of amides is 4. The monoisotopic (exact) mass is 637 g/mol. The topological polar surface area (TPSA) is 131 Å². The van der Waals surface area contributed by atoms with Crippen LogP contribution in [0.4, 0.5) is 35.0 Å². The molecule has 11 nitrogen and oxygen atoms in total. The van der Waals surface area contributed by atoms with Crippen LogP contribution in [0, 0.1) is 6.92 Å². The van der Waals surface area contributed by atoms with Crippen LogP contribution < -0.4 is 20.3 Å². The molecule has 5 rings (SSSR count). The van der Waals surface area contributed by atoms with E-state index in [1.807, 2.05) is 39.0 Å². The number of thioether (sulfide) groups is 1. The molecule has 45 heavy (non-hydrogen) atoms. The van der Waals surface area contributed by atoms with E-state index in [2.05, 4.69) is 30.4 Å². The van der Waals surface area contributed by atoms with Crippen molar-refractivity contribution in [3.8, 4) is 11.4 Å². The highest BCUT2D eigenvalue weighted by atomic mass is 32.2. The van der Waals surface area contributed by atoms with Gasteiger partial charge < -0.3 is 15.4 Å². The molecule has 4 amide bonds. The highest BCUT2D eigenvalue weighted by Crippen LogP contribution is 2.34. The number of anilines is 3. The first-order chi connectivity index (χ1) is 21.4. The van der Waals surface area contributed by atoms with Gasteiger partial charge in [-0.3, -0.25) is 14.5 Å². The van der Waals surface area contributed by atoms with Gasteiger partial charge in [-0.05, 0) is 78.6 Å². The molecule has 1 fully saturated rings. The second kappa shape index (κ2) is 12.8. The molecule has 0 radical (unpaired) electrons. The Morgan fingerprint density at radius 2 is 1.67 bits per heavy atom. The SMILES string of the molecule is Cc1ccc(C(C)C)c(N2C(=O)CS/C2=N\C(=O)Nc2ccc(NC(=O)c3ncn(-c4ccc(OC(F)(F)F)cc4)n3)cc2)c1. The largest absolute Gasteiger partial charge is 0.573 e. The average molecular weight is 638 g/mol. The summed E-state index contributed by atoms with van der Waals surface area (Å²) >= 11 is 1.19. The van der Waals surface area contributed by atoms with Crippen molar-refractivity contribution < 1.29 is 32.3 Å². The second-order valence-corrected chi connectivity index (χ2v) is 11.1. The zero-order valence-corrected chi connectivity index (χ0v) is 24.9. The minimum Gasteiger partial charge on any atom is -0.406 e. The maximum atomic E-state index is 12.8. The number of halogens is 3. The molecule has 0 bridgehead atoms. The summed E-state index contributed by atoms with van der Waals surface area (Å²) in [4.78, 5) is 47.8. The number of ether oxygens (including phenoxy) is 1. The summed E-state index contributed by atoms with van der Waals surface area (Å²) in [5.74, 6) is -1.04. The fourth-order valence-corrected chi connectivity index (χ4v) is 5.23. The van der Waals surface area contributed by atoms with Crippen LogP contribution in [0.3, 0.4) is 0 Å². The molecule has 1 saturated heterocycles. The van der Waals surface area contributed by atoms with Gasteiger partial charge >= 0.3 is 12.4 Å². The summed E-state index contributed by atoms with van der Waals surface area (Å²) in [5, 5.41) is 9.65. The first kappa shape index (κ1) is 31.3. The molecule has 1 aromatic heterocycles. The van der Waals surface area contributed by atoms with Crippen molar-refractivity contribution in [3.05, 3.63) is 90.0 Å². The maximum absolute atomic E-state index is 12.8. The lowest BCUT2D eigenvalue weighted by Crippen LogP contribution is -2.31. The quantitative estimate of drug-likeness (QED) is 0.236. The normalized spacial score (nSPS) is 14.2. The van der Waals surface area contributed by atoms with E-state index in [4.69, 9.17) is 0 Å². The van der Waals surface area contributed by atoms with Crippen LogP contribution in [0.5, 0.6) is 5.75 Å². The standard InChI is InChI=1S/C30H26F3N7O4S/c1-17(2)23-13-4-18(3)14-24(23)40-25(41)15-45-29(40)37-28(43)36-20-7-5-19(6-8-20)35-27(42)26-34-16-39(38-26)21-9-11-22(12-10-21)44-30(31,32)33/h4-14,16-17H,15H2,1-3H3,(H,35,42)(H,36,43)/b37-29-. The lowest BCUT2D eigenvalue weighted by atomic mass is 9.99. The number of rotatable bonds is 7. The number of hydrogen-bond acceptors (Lipinski definition) is 7. The predicted molar refractivity (Wildman–Crippen MR) is 164 cm³/mol. The molecule has 0 unspecified atom stereocenters. The Hall–Kier alpha value is -5.18. The lowest BCUT2D eigenvalue weighted by Gasteiger charge is -2.22. The average Bonchev–Trinajstić information content (AvgIpc) is 3.60. The van der Waals surface area contributed by atoms with Crippen molar-refractivity contribution >= 4 is 51.8 Å². The van der Waals surface area contributed by atoms with Crippen molar-refractivity contribution in [2.24, 2.45) is 4.99 Å². The number of aliphatic imine (C=N–C) groups is 1. The van der Waals surface area contributed by atoms with Gasteiger partial charge in [-0.2, -0.15) is 4.99 Å². The molecular weight excluding hydrogens is 611 g/mol. The third-order valence-electron chi connectivity index (χ3n) is 6.44. The molecule has 232 valence electrons. The Kier molecular flexibility index (Phi) is 8.90. The number of hydrogen-bond donors (Lipinski definition) is 2. The zero-order chi connectivity index (χ0) is 32.3. The summed E-state index contributed by atoms with van der Waals surface area (Å²) in [5.41, 5.74) is 3.81. The molecular formula is C30H26F3N7O4S. The van der Waals surface area contributed by atoms with Crippen LogP contribution in [0.15, 0.2) is 78.0 Å². The van der Waals surface area contributed by atoms with Crippen molar-refractivity contribution in [2.45, 2.75) is 33.1 Å². The molecule has 0 spiro atoms. The Morgan fingerprint density at radius 1 is 1.00 bits per heavy atom. The molecule has 1 aliphatic heterocycles. The van der Waals surface area contributed by atoms with Crippen LogP contribution in [-0.4, -0.2) is 49.9 Å². The summed E-state index contributed by atoms with van der Waals surface area (Å²) in [6.07, 6.45) is -3.56. The van der Waals surface area contributed by atoms with Gasteiger partial charge in [0.2, 0.25) is 11.7 Å². The third kappa shape index (κ3) is 7.67. The molecule has 0 atom stereocenters. The third-order valence-corrected chi connectivity index (χ3v) is 7.36. The molecule has 0 aliphatic carbocycles. The number of alkyl halides is 3. The minimum absolute atomic E-state index is 0.155. The number of carbonyl (C=O) groups is 3. The van der Waals surface area contributed by atoms with Crippen LogP contribution >= 0.6 is 11.8 Å². The number of urea groups is 1. The molecule has 2 N–H and O–H groups in total. The second-order valence-electron chi connectivity index (χ2n) is 10.1. The van der Waals surface area contributed by atoms with Crippen LogP contribution in [0.2, 0.25) is 0 Å². The maximum Gasteiger partial charge on any atom is 0.573 e. The summed E-state index contributed by atoms with van der Waals surface area (Å²) < 4.78 is 42.2. The highest BCUT2D eigenvalue weighted by molar-refractivity contribution is 8.15. The van der Waals surface area contributed by atoms with Gasteiger partial charge in [-0.25, -0.2) is 14.5 Å². The summed E-state index contributed by atoms with van der Waals surface area (Å²) in [6.45, 7) is 6.00. The van der Waals surface area contributed by atoms with Crippen LogP contribution in [0.25, 0.3) is 5.69 Å². The molecule has 2 heterocycles. The number of carbonyl (C=O) groups excluding carboxylic acids is 3. The van der Waals surface area contributed by atoms with Crippen LogP contribution in [-0.2, 0) is 4.79 Å². The van der Waals surface area contributed by atoms with Gasteiger partial charge in [0, 0.05) is 11.4 Å². The number of benzene rings is 3. The molecule has 4 aromatic rings.